The van der Waals surface area contributed by atoms with Crippen molar-refractivity contribution in [2.75, 3.05) is 0 Å². The van der Waals surface area contributed by atoms with Crippen LogP contribution >= 0.6 is 0 Å². The van der Waals surface area contributed by atoms with Crippen LogP contribution in [0.25, 0.3) is 5.70 Å². The average Bonchev–Trinajstić information content (AvgIpc) is 2.63. The predicted octanol–water partition coefficient (Wildman–Crippen LogP) is 3.17. The number of hydrogen-bond donors (Lipinski definition) is 0. The van der Waals surface area contributed by atoms with E-state index in [1.807, 2.05) is 6.92 Å². The van der Waals surface area contributed by atoms with E-state index in [1.165, 1.54) is 12.2 Å². The van der Waals surface area contributed by atoms with Gasteiger partial charge in [-0.15, -0.1) is 0 Å². The first-order chi connectivity index (χ1) is 7.48. The topological polar surface area (TPSA) is 17.8 Å². The van der Waals surface area contributed by atoms with Crippen molar-refractivity contribution in [3.05, 3.63) is 36.4 Å². The SMILES string of the molecule is Cc1nccn1C1=CCC(C(F)(F)F)C=C1. The van der Waals surface area contributed by atoms with Gasteiger partial charge in [0.2, 0.25) is 0 Å². The summed E-state index contributed by atoms with van der Waals surface area (Å²) in [5.74, 6) is -0.596. The summed E-state index contributed by atoms with van der Waals surface area (Å²) in [7, 11) is 0. The fourth-order valence-corrected chi connectivity index (χ4v) is 1.68. The van der Waals surface area contributed by atoms with Crippen molar-refractivity contribution >= 4 is 5.70 Å². The van der Waals surface area contributed by atoms with Crippen molar-refractivity contribution in [3.63, 3.8) is 0 Å². The van der Waals surface area contributed by atoms with Gasteiger partial charge in [-0.25, -0.2) is 4.98 Å². The fourth-order valence-electron chi connectivity index (χ4n) is 1.68. The Bertz CT molecular complexity index is 440. The zero-order valence-corrected chi connectivity index (χ0v) is 8.70. The Balaban J connectivity index is 2.17. The first-order valence-corrected chi connectivity index (χ1v) is 4.94. The molecule has 1 aromatic rings. The number of nitrogens with zero attached hydrogens (tertiary/aromatic N) is 2. The van der Waals surface area contributed by atoms with E-state index >= 15 is 0 Å². The van der Waals surface area contributed by atoms with E-state index in [4.69, 9.17) is 0 Å². The monoisotopic (exact) mass is 228 g/mol. The highest BCUT2D eigenvalue weighted by Crippen LogP contribution is 2.33. The van der Waals surface area contributed by atoms with Gasteiger partial charge in [0.05, 0.1) is 5.92 Å². The Kier molecular flexibility index (Phi) is 2.61. The van der Waals surface area contributed by atoms with Crippen LogP contribution in [0.2, 0.25) is 0 Å². The summed E-state index contributed by atoms with van der Waals surface area (Å²) in [6.45, 7) is 1.81. The van der Waals surface area contributed by atoms with Crippen molar-refractivity contribution in [1.82, 2.24) is 9.55 Å². The molecule has 0 aromatic carbocycles. The van der Waals surface area contributed by atoms with Crippen LogP contribution in [0.4, 0.5) is 13.2 Å². The van der Waals surface area contributed by atoms with Gasteiger partial charge in [0, 0.05) is 18.1 Å². The van der Waals surface area contributed by atoms with Crippen LogP contribution in [0.1, 0.15) is 12.2 Å². The van der Waals surface area contributed by atoms with Gasteiger partial charge in [-0.3, -0.25) is 0 Å². The molecule has 0 spiro atoms. The number of allylic oxidation sites excluding steroid dienone is 4. The van der Waals surface area contributed by atoms with E-state index in [2.05, 4.69) is 4.98 Å². The number of aryl methyl sites for hydroxylation is 1. The molecule has 1 aliphatic rings. The Morgan fingerprint density at radius 2 is 2.19 bits per heavy atom. The van der Waals surface area contributed by atoms with Crippen LogP contribution in [-0.2, 0) is 0 Å². The first-order valence-electron chi connectivity index (χ1n) is 4.94. The summed E-state index contributed by atoms with van der Waals surface area (Å²) in [6.07, 6.45) is 3.49. The van der Waals surface area contributed by atoms with Gasteiger partial charge in [0.1, 0.15) is 5.82 Å². The first kappa shape index (κ1) is 11.0. The van der Waals surface area contributed by atoms with Gasteiger partial charge in [-0.05, 0) is 19.4 Å². The van der Waals surface area contributed by atoms with Gasteiger partial charge in [0.25, 0.3) is 0 Å². The van der Waals surface area contributed by atoms with Crippen LogP contribution < -0.4 is 0 Å². The second-order valence-corrected chi connectivity index (χ2v) is 3.72. The molecule has 0 aliphatic heterocycles. The number of alkyl halides is 3. The van der Waals surface area contributed by atoms with Gasteiger partial charge >= 0.3 is 6.18 Å². The van der Waals surface area contributed by atoms with E-state index in [0.29, 0.717) is 0 Å². The summed E-state index contributed by atoms with van der Waals surface area (Å²) in [4.78, 5) is 4.03. The molecule has 0 N–H and O–H groups in total. The summed E-state index contributed by atoms with van der Waals surface area (Å²) >= 11 is 0. The smallest absolute Gasteiger partial charge is 0.304 e. The Hall–Kier alpha value is -1.52. The molecule has 2 nitrogen and oxygen atoms in total. The van der Waals surface area contributed by atoms with Crippen molar-refractivity contribution in [2.24, 2.45) is 5.92 Å². The third-order valence-corrected chi connectivity index (χ3v) is 2.60. The minimum absolute atomic E-state index is 0.00699. The third-order valence-electron chi connectivity index (χ3n) is 2.60. The second kappa shape index (κ2) is 3.81. The molecule has 86 valence electrons. The summed E-state index contributed by atoms with van der Waals surface area (Å²) in [6, 6.07) is 0. The van der Waals surface area contributed by atoms with E-state index in [-0.39, 0.29) is 6.42 Å². The van der Waals surface area contributed by atoms with Gasteiger partial charge < -0.3 is 4.57 Å². The fraction of sp³-hybridized carbons (Fsp3) is 0.364. The quantitative estimate of drug-likeness (QED) is 0.721. The molecule has 0 saturated heterocycles. The standard InChI is InChI=1S/C11H11F3N2/c1-8-15-6-7-16(8)10-4-2-9(3-5-10)11(12,13)14/h2,4-7,9H,3H2,1H3. The maximum atomic E-state index is 12.4. The normalized spacial score (nSPS) is 21.0. The molecule has 2 rings (SSSR count). The molecule has 0 bridgehead atoms. The van der Waals surface area contributed by atoms with Crippen LogP contribution in [0.5, 0.6) is 0 Å². The molecule has 0 fully saturated rings. The van der Waals surface area contributed by atoms with Gasteiger partial charge in [0.15, 0.2) is 0 Å². The lowest BCUT2D eigenvalue weighted by Crippen LogP contribution is -2.22. The second-order valence-electron chi connectivity index (χ2n) is 3.72. The van der Waals surface area contributed by atoms with Crippen molar-refractivity contribution in [2.45, 2.75) is 19.5 Å². The molecule has 1 aliphatic carbocycles. The van der Waals surface area contributed by atoms with Crippen LogP contribution in [0.3, 0.4) is 0 Å². The van der Waals surface area contributed by atoms with Crippen LogP contribution in [0.15, 0.2) is 30.6 Å². The van der Waals surface area contributed by atoms with Gasteiger partial charge in [-0.1, -0.05) is 12.2 Å². The lowest BCUT2D eigenvalue weighted by atomic mass is 9.99. The maximum Gasteiger partial charge on any atom is 0.395 e. The number of imidazole rings is 1. The summed E-state index contributed by atoms with van der Waals surface area (Å²) in [5, 5.41) is 0. The zero-order valence-electron chi connectivity index (χ0n) is 8.70. The number of halogens is 3. The number of rotatable bonds is 1. The minimum atomic E-state index is -4.15. The highest BCUT2D eigenvalue weighted by atomic mass is 19.4. The predicted molar refractivity (Wildman–Crippen MR) is 54.5 cm³/mol. The van der Waals surface area contributed by atoms with Crippen molar-refractivity contribution in [1.29, 1.82) is 0 Å². The van der Waals surface area contributed by atoms with Crippen LogP contribution in [-0.4, -0.2) is 15.7 Å². The molecule has 1 atom stereocenters. The maximum absolute atomic E-state index is 12.4. The van der Waals surface area contributed by atoms with Crippen molar-refractivity contribution < 1.29 is 13.2 Å². The Labute approximate surface area is 91.1 Å². The molecular formula is C11H11F3N2. The Morgan fingerprint density at radius 3 is 2.62 bits per heavy atom. The highest BCUT2D eigenvalue weighted by molar-refractivity contribution is 5.59. The largest absolute Gasteiger partial charge is 0.395 e. The molecule has 0 amide bonds. The lowest BCUT2D eigenvalue weighted by molar-refractivity contribution is -0.160. The number of aromatic nitrogens is 2. The molecule has 1 unspecified atom stereocenters. The Morgan fingerprint density at radius 1 is 1.44 bits per heavy atom. The van der Waals surface area contributed by atoms with E-state index < -0.39 is 12.1 Å². The van der Waals surface area contributed by atoms with Crippen LogP contribution in [0, 0.1) is 12.8 Å². The number of hydrogen-bond acceptors (Lipinski definition) is 1. The molecule has 0 radical (unpaired) electrons. The van der Waals surface area contributed by atoms with Crippen molar-refractivity contribution in [3.8, 4) is 0 Å². The van der Waals surface area contributed by atoms with E-state index in [0.717, 1.165) is 11.5 Å². The minimum Gasteiger partial charge on any atom is -0.304 e. The third kappa shape index (κ3) is 2.03. The molecular weight excluding hydrogens is 217 g/mol. The molecule has 1 heterocycles. The van der Waals surface area contributed by atoms with E-state index in [9.17, 15) is 13.2 Å². The highest BCUT2D eigenvalue weighted by Gasteiger charge is 2.37. The molecule has 1 aromatic heterocycles. The van der Waals surface area contributed by atoms with E-state index in [1.54, 1.807) is 23.0 Å². The lowest BCUT2D eigenvalue weighted by Gasteiger charge is -2.19. The summed E-state index contributed by atoms with van der Waals surface area (Å²) < 4.78 is 38.9. The average molecular weight is 228 g/mol. The zero-order chi connectivity index (χ0) is 11.8. The molecule has 5 heteroatoms. The molecule has 16 heavy (non-hydrogen) atoms. The summed E-state index contributed by atoms with van der Waals surface area (Å²) in [5.41, 5.74) is 0.746. The molecule has 0 saturated carbocycles. The van der Waals surface area contributed by atoms with Gasteiger partial charge in [-0.2, -0.15) is 13.2 Å².